The summed E-state index contributed by atoms with van der Waals surface area (Å²) in [5.74, 6) is 0.528. The lowest BCUT2D eigenvalue weighted by Crippen LogP contribution is -2.32. The number of sulfonamides is 1. The van der Waals surface area contributed by atoms with Crippen LogP contribution in [0.25, 0.3) is 0 Å². The van der Waals surface area contributed by atoms with Crippen molar-refractivity contribution in [3.63, 3.8) is 0 Å². The van der Waals surface area contributed by atoms with Crippen molar-refractivity contribution in [3.05, 3.63) is 29.3 Å². The lowest BCUT2D eigenvalue weighted by Gasteiger charge is -2.23. The van der Waals surface area contributed by atoms with Crippen LogP contribution in [0.15, 0.2) is 18.2 Å². The van der Waals surface area contributed by atoms with Gasteiger partial charge in [0.05, 0.1) is 11.9 Å². The number of rotatable bonds is 9. The Bertz CT molecular complexity index is 634. The minimum absolute atomic E-state index is 0.0236. The van der Waals surface area contributed by atoms with Crippen molar-refractivity contribution in [2.45, 2.75) is 47.0 Å². The van der Waals surface area contributed by atoms with E-state index < -0.39 is 10.0 Å². The molecule has 0 aliphatic rings. The number of hydrogen-bond donors (Lipinski definition) is 1. The van der Waals surface area contributed by atoms with Gasteiger partial charge in [0.25, 0.3) is 0 Å². The Balaban J connectivity index is 2.64. The third kappa shape index (κ3) is 7.34. The fraction of sp³-hybridized carbons (Fsp3) is 0.611. The summed E-state index contributed by atoms with van der Waals surface area (Å²) in [4.78, 5) is 11.8. The van der Waals surface area contributed by atoms with Gasteiger partial charge in [0, 0.05) is 19.5 Å². The molecule has 136 valence electrons. The molecule has 0 bridgehead atoms. The SMILES string of the molecule is Cc1cc(C)cc(N(CCCC(=O)NCCC(C)C)S(C)(=O)=O)c1. The minimum Gasteiger partial charge on any atom is -0.356 e. The van der Waals surface area contributed by atoms with E-state index in [1.165, 1.54) is 10.6 Å². The molecule has 0 unspecified atom stereocenters. The number of benzene rings is 1. The molecular weight excluding hydrogens is 324 g/mol. The van der Waals surface area contributed by atoms with Crippen molar-refractivity contribution >= 4 is 21.6 Å². The van der Waals surface area contributed by atoms with E-state index in [1.807, 2.05) is 32.0 Å². The van der Waals surface area contributed by atoms with E-state index >= 15 is 0 Å². The summed E-state index contributed by atoms with van der Waals surface area (Å²) in [6.45, 7) is 9.08. The highest BCUT2D eigenvalue weighted by molar-refractivity contribution is 7.92. The number of nitrogens with one attached hydrogen (secondary N) is 1. The third-order valence-corrected chi connectivity index (χ3v) is 4.90. The summed E-state index contributed by atoms with van der Waals surface area (Å²) >= 11 is 0. The van der Waals surface area contributed by atoms with Crippen LogP contribution in [0.4, 0.5) is 5.69 Å². The van der Waals surface area contributed by atoms with Crippen LogP contribution in [0.5, 0.6) is 0 Å². The van der Waals surface area contributed by atoms with Crippen molar-refractivity contribution < 1.29 is 13.2 Å². The fourth-order valence-electron chi connectivity index (χ4n) is 2.55. The van der Waals surface area contributed by atoms with Crippen LogP contribution in [0, 0.1) is 19.8 Å². The predicted octanol–water partition coefficient (Wildman–Crippen LogP) is 3.01. The summed E-state index contributed by atoms with van der Waals surface area (Å²) in [6, 6.07) is 5.72. The summed E-state index contributed by atoms with van der Waals surface area (Å²) in [6.07, 6.45) is 2.97. The summed E-state index contributed by atoms with van der Waals surface area (Å²) in [5.41, 5.74) is 2.70. The van der Waals surface area contributed by atoms with Gasteiger partial charge in [-0.05, 0) is 55.9 Å². The third-order valence-electron chi connectivity index (χ3n) is 3.70. The van der Waals surface area contributed by atoms with E-state index in [2.05, 4.69) is 19.2 Å². The lowest BCUT2D eigenvalue weighted by molar-refractivity contribution is -0.121. The second-order valence-corrected chi connectivity index (χ2v) is 8.72. The van der Waals surface area contributed by atoms with Crippen molar-refractivity contribution in [2.24, 2.45) is 5.92 Å². The molecule has 1 amide bonds. The van der Waals surface area contributed by atoms with E-state index in [0.29, 0.717) is 37.5 Å². The number of anilines is 1. The van der Waals surface area contributed by atoms with E-state index in [0.717, 1.165) is 17.5 Å². The highest BCUT2D eigenvalue weighted by atomic mass is 32.2. The molecule has 1 rings (SSSR count). The molecule has 0 radical (unpaired) electrons. The van der Waals surface area contributed by atoms with Gasteiger partial charge in [-0.15, -0.1) is 0 Å². The molecular formula is C18H30N2O3S. The Morgan fingerprint density at radius 1 is 1.17 bits per heavy atom. The van der Waals surface area contributed by atoms with E-state index in [4.69, 9.17) is 0 Å². The smallest absolute Gasteiger partial charge is 0.232 e. The van der Waals surface area contributed by atoms with Gasteiger partial charge in [-0.1, -0.05) is 19.9 Å². The molecule has 0 spiro atoms. The van der Waals surface area contributed by atoms with Crippen molar-refractivity contribution in [3.8, 4) is 0 Å². The molecule has 0 fully saturated rings. The fourth-order valence-corrected chi connectivity index (χ4v) is 3.50. The van der Waals surface area contributed by atoms with Crippen LogP contribution in [0.2, 0.25) is 0 Å². The molecule has 0 aliphatic heterocycles. The zero-order valence-corrected chi connectivity index (χ0v) is 16.2. The maximum atomic E-state index is 12.1. The van der Waals surface area contributed by atoms with Crippen LogP contribution in [-0.2, 0) is 14.8 Å². The molecule has 0 atom stereocenters. The maximum Gasteiger partial charge on any atom is 0.232 e. The quantitative estimate of drug-likeness (QED) is 0.741. The van der Waals surface area contributed by atoms with Gasteiger partial charge in [-0.2, -0.15) is 0 Å². The lowest BCUT2D eigenvalue weighted by atomic mass is 10.1. The maximum absolute atomic E-state index is 12.1. The first-order chi connectivity index (χ1) is 11.1. The number of amides is 1. The number of carbonyl (C=O) groups is 1. The van der Waals surface area contributed by atoms with Gasteiger partial charge < -0.3 is 5.32 Å². The number of carbonyl (C=O) groups excluding carboxylic acids is 1. The molecule has 0 saturated carbocycles. The summed E-state index contributed by atoms with van der Waals surface area (Å²) < 4.78 is 25.6. The van der Waals surface area contributed by atoms with Gasteiger partial charge in [-0.3, -0.25) is 9.10 Å². The van der Waals surface area contributed by atoms with Gasteiger partial charge in [0.2, 0.25) is 15.9 Å². The van der Waals surface area contributed by atoms with E-state index in [1.54, 1.807) is 0 Å². The van der Waals surface area contributed by atoms with E-state index in [9.17, 15) is 13.2 Å². The molecule has 0 aromatic heterocycles. The molecule has 6 heteroatoms. The zero-order valence-electron chi connectivity index (χ0n) is 15.4. The monoisotopic (exact) mass is 354 g/mol. The van der Waals surface area contributed by atoms with Crippen molar-refractivity contribution in [2.75, 3.05) is 23.7 Å². The topological polar surface area (TPSA) is 66.5 Å². The van der Waals surface area contributed by atoms with Gasteiger partial charge >= 0.3 is 0 Å². The second kappa shape index (κ2) is 9.06. The summed E-state index contributed by atoms with van der Waals surface area (Å²) in [5, 5.41) is 2.88. The van der Waals surface area contributed by atoms with Crippen LogP contribution in [0.1, 0.15) is 44.2 Å². The second-order valence-electron chi connectivity index (χ2n) is 6.82. The van der Waals surface area contributed by atoms with Crippen LogP contribution in [0.3, 0.4) is 0 Å². The number of aryl methyl sites for hydroxylation is 2. The molecule has 0 aliphatic carbocycles. The summed E-state index contributed by atoms with van der Waals surface area (Å²) in [7, 11) is -3.38. The van der Waals surface area contributed by atoms with Gasteiger partial charge in [0.1, 0.15) is 0 Å². The molecule has 1 N–H and O–H groups in total. The van der Waals surface area contributed by atoms with Crippen LogP contribution < -0.4 is 9.62 Å². The highest BCUT2D eigenvalue weighted by Gasteiger charge is 2.18. The minimum atomic E-state index is -3.38. The first kappa shape index (κ1) is 20.5. The Kier molecular flexibility index (Phi) is 7.73. The Morgan fingerprint density at radius 3 is 2.25 bits per heavy atom. The largest absolute Gasteiger partial charge is 0.356 e. The normalized spacial score (nSPS) is 11.6. The van der Waals surface area contributed by atoms with E-state index in [-0.39, 0.29) is 5.91 Å². The van der Waals surface area contributed by atoms with Crippen molar-refractivity contribution in [1.29, 1.82) is 0 Å². The number of nitrogens with zero attached hydrogens (tertiary/aromatic N) is 1. The number of hydrogen-bond acceptors (Lipinski definition) is 3. The molecule has 24 heavy (non-hydrogen) atoms. The standard InChI is InChI=1S/C18H30N2O3S/c1-14(2)8-9-19-18(21)7-6-10-20(24(5,22)23)17-12-15(3)11-16(4)13-17/h11-14H,6-10H2,1-5H3,(H,19,21). The highest BCUT2D eigenvalue weighted by Crippen LogP contribution is 2.21. The van der Waals surface area contributed by atoms with Gasteiger partial charge in [0.15, 0.2) is 0 Å². The Morgan fingerprint density at radius 2 is 1.75 bits per heavy atom. The van der Waals surface area contributed by atoms with Crippen LogP contribution in [-0.4, -0.2) is 33.7 Å². The molecule has 5 nitrogen and oxygen atoms in total. The molecule has 1 aromatic rings. The average Bonchev–Trinajstić information content (AvgIpc) is 2.40. The molecule has 1 aromatic carbocycles. The van der Waals surface area contributed by atoms with Gasteiger partial charge in [-0.25, -0.2) is 8.42 Å². The Hall–Kier alpha value is -1.56. The Labute approximate surface area is 146 Å². The predicted molar refractivity (Wildman–Crippen MR) is 99.8 cm³/mol. The van der Waals surface area contributed by atoms with Crippen LogP contribution >= 0.6 is 0 Å². The first-order valence-electron chi connectivity index (χ1n) is 8.42. The average molecular weight is 355 g/mol. The zero-order chi connectivity index (χ0) is 18.3. The molecule has 0 saturated heterocycles. The van der Waals surface area contributed by atoms with Crippen molar-refractivity contribution in [1.82, 2.24) is 5.32 Å². The molecule has 0 heterocycles. The first-order valence-corrected chi connectivity index (χ1v) is 10.3.